The van der Waals surface area contributed by atoms with Crippen LogP contribution in [0.2, 0.25) is 0 Å². The molecule has 0 aromatic heterocycles. The molecule has 5 heteroatoms. The Labute approximate surface area is 108 Å². The minimum atomic E-state index is -3.92. The summed E-state index contributed by atoms with van der Waals surface area (Å²) in [6.07, 6.45) is 0.409. The van der Waals surface area contributed by atoms with Crippen molar-refractivity contribution in [2.45, 2.75) is 13.3 Å². The first-order chi connectivity index (χ1) is 3.06. The average Bonchev–Trinajstić information content (AvgIpc) is 1.30. The Morgan fingerprint density at radius 3 is 1.88 bits per heavy atom. The third kappa shape index (κ3) is 10.9. The summed E-state index contributed by atoms with van der Waals surface area (Å²) in [6.45, 7) is 1.65. The van der Waals surface area contributed by atoms with Gasteiger partial charge in [-0.15, -0.1) is 0 Å². The number of rotatable bonds is 2. The molecule has 0 heterocycles. The Hall–Kier alpha value is 1.96. The van der Waals surface area contributed by atoms with Gasteiger partial charge in [-0.1, -0.05) is 6.92 Å². The van der Waals surface area contributed by atoms with Crippen LogP contribution >= 0.6 is 0 Å². The second kappa shape index (κ2) is 5.72. The smallest absolute Gasteiger partial charge is 0.748 e. The van der Waals surface area contributed by atoms with Gasteiger partial charge in [-0.3, -0.25) is 0 Å². The van der Waals surface area contributed by atoms with Gasteiger partial charge in [-0.2, -0.15) is 0 Å². The maximum atomic E-state index is 9.68. The Kier molecular flexibility index (Phi) is 9.03. The Balaban J connectivity index is 0. The van der Waals surface area contributed by atoms with Crippen molar-refractivity contribution in [1.82, 2.24) is 0 Å². The molecule has 3 nitrogen and oxygen atoms in total. The standard InChI is InChI=1S/C3H8O3S.Cs/c1-2-3-7(4,5)6;/h2-3H2,1H3,(H,4,5,6);/q;+1/p-1. The molecule has 0 radical (unpaired) electrons. The zero-order valence-electron chi connectivity index (χ0n) is 5.05. The predicted octanol–water partition coefficient (Wildman–Crippen LogP) is -3.05. The fraction of sp³-hybridized carbons (Fsp3) is 1.00. The topological polar surface area (TPSA) is 57.2 Å². The molecule has 44 valence electrons. The van der Waals surface area contributed by atoms with E-state index < -0.39 is 10.1 Å². The second-order valence-electron chi connectivity index (χ2n) is 1.26. The van der Waals surface area contributed by atoms with Crippen LogP contribution in [0.1, 0.15) is 13.3 Å². The first-order valence-corrected chi connectivity index (χ1v) is 3.57. The van der Waals surface area contributed by atoms with Gasteiger partial charge in [0, 0.05) is 5.75 Å². The van der Waals surface area contributed by atoms with Gasteiger partial charge >= 0.3 is 68.9 Å². The fourth-order valence-electron chi connectivity index (χ4n) is 0.250. The van der Waals surface area contributed by atoms with E-state index in [0.29, 0.717) is 6.42 Å². The Bertz CT molecular complexity index is 127. The molecule has 0 aliphatic rings. The molecule has 0 aromatic carbocycles. The van der Waals surface area contributed by atoms with Crippen LogP contribution < -0.4 is 68.9 Å². The average molecular weight is 256 g/mol. The summed E-state index contributed by atoms with van der Waals surface area (Å²) in [5.41, 5.74) is 0. The van der Waals surface area contributed by atoms with Gasteiger partial charge in [-0.25, -0.2) is 8.42 Å². The van der Waals surface area contributed by atoms with Crippen molar-refractivity contribution in [2.75, 3.05) is 5.75 Å². The molecule has 0 saturated heterocycles. The van der Waals surface area contributed by atoms with Crippen molar-refractivity contribution < 1.29 is 81.9 Å². The van der Waals surface area contributed by atoms with Gasteiger partial charge in [-0.05, 0) is 6.42 Å². The summed E-state index contributed by atoms with van der Waals surface area (Å²) in [5.74, 6) is -0.243. The van der Waals surface area contributed by atoms with E-state index in [1.165, 1.54) is 0 Å². The molecular formula is C3H7CsO3S. The summed E-state index contributed by atoms with van der Waals surface area (Å²) in [5, 5.41) is 0. The Morgan fingerprint density at radius 2 is 1.88 bits per heavy atom. The number of hydrogen-bond donors (Lipinski definition) is 0. The molecule has 8 heavy (non-hydrogen) atoms. The van der Waals surface area contributed by atoms with Crippen LogP contribution in [0.15, 0.2) is 0 Å². The fourth-order valence-corrected chi connectivity index (χ4v) is 0.750. The predicted molar refractivity (Wildman–Crippen MR) is 24.9 cm³/mol. The second-order valence-corrected chi connectivity index (χ2v) is 2.79. The minimum Gasteiger partial charge on any atom is -0.748 e. The van der Waals surface area contributed by atoms with Gasteiger partial charge < -0.3 is 4.55 Å². The van der Waals surface area contributed by atoms with Gasteiger partial charge in [0.15, 0.2) is 0 Å². The van der Waals surface area contributed by atoms with Gasteiger partial charge in [0.05, 0.1) is 10.1 Å². The summed E-state index contributed by atoms with van der Waals surface area (Å²) in [7, 11) is -3.92. The molecule has 0 N–H and O–H groups in total. The third-order valence-corrected chi connectivity index (χ3v) is 1.36. The van der Waals surface area contributed by atoms with Gasteiger partial charge in [0.25, 0.3) is 0 Å². The third-order valence-electron chi connectivity index (χ3n) is 0.454. The maximum Gasteiger partial charge on any atom is 1.00 e. The largest absolute Gasteiger partial charge is 1.00 e. The van der Waals surface area contributed by atoms with E-state index in [0.717, 1.165) is 0 Å². The first-order valence-electron chi connectivity index (χ1n) is 2.00. The minimum absolute atomic E-state index is 0. The van der Waals surface area contributed by atoms with E-state index in [-0.39, 0.29) is 74.6 Å². The monoisotopic (exact) mass is 256 g/mol. The first kappa shape index (κ1) is 12.6. The van der Waals surface area contributed by atoms with Crippen LogP contribution in [-0.2, 0) is 10.1 Å². The van der Waals surface area contributed by atoms with Crippen LogP contribution in [0.5, 0.6) is 0 Å². The molecule has 0 saturated carbocycles. The van der Waals surface area contributed by atoms with E-state index in [1.807, 2.05) is 0 Å². The van der Waals surface area contributed by atoms with Crippen LogP contribution in [0.25, 0.3) is 0 Å². The van der Waals surface area contributed by atoms with Crippen molar-refractivity contribution in [2.24, 2.45) is 0 Å². The molecule has 0 rings (SSSR count). The molecule has 0 aliphatic heterocycles. The van der Waals surface area contributed by atoms with Gasteiger partial charge in [0.2, 0.25) is 0 Å². The molecule has 0 atom stereocenters. The molecular weight excluding hydrogens is 249 g/mol. The van der Waals surface area contributed by atoms with Crippen molar-refractivity contribution >= 4 is 10.1 Å². The SMILES string of the molecule is CCCS(=O)(=O)[O-].[Cs+]. The Morgan fingerprint density at radius 1 is 1.50 bits per heavy atom. The number of hydrogen-bond acceptors (Lipinski definition) is 3. The van der Waals surface area contributed by atoms with Crippen LogP contribution in [0.3, 0.4) is 0 Å². The molecule has 0 amide bonds. The van der Waals surface area contributed by atoms with Crippen LogP contribution in [-0.4, -0.2) is 18.7 Å². The van der Waals surface area contributed by atoms with Gasteiger partial charge in [0.1, 0.15) is 0 Å². The van der Waals surface area contributed by atoms with E-state index in [4.69, 9.17) is 0 Å². The zero-order chi connectivity index (χ0) is 5.91. The zero-order valence-corrected chi connectivity index (χ0v) is 12.1. The molecule has 0 bridgehead atoms. The summed E-state index contributed by atoms with van der Waals surface area (Å²) >= 11 is 0. The molecule has 0 aromatic rings. The van der Waals surface area contributed by atoms with Crippen molar-refractivity contribution in [1.29, 1.82) is 0 Å². The molecule has 0 spiro atoms. The van der Waals surface area contributed by atoms with E-state index in [2.05, 4.69) is 0 Å². The maximum absolute atomic E-state index is 9.68. The quantitative estimate of drug-likeness (QED) is 0.493. The summed E-state index contributed by atoms with van der Waals surface area (Å²) in [4.78, 5) is 0. The van der Waals surface area contributed by atoms with E-state index >= 15 is 0 Å². The van der Waals surface area contributed by atoms with Crippen LogP contribution in [0, 0.1) is 0 Å². The van der Waals surface area contributed by atoms with E-state index in [9.17, 15) is 13.0 Å². The normalized spacial score (nSPS) is 10.2. The summed E-state index contributed by atoms with van der Waals surface area (Å²) in [6, 6.07) is 0. The summed E-state index contributed by atoms with van der Waals surface area (Å²) < 4.78 is 29.0. The molecule has 0 unspecified atom stereocenters. The molecule has 0 aliphatic carbocycles. The van der Waals surface area contributed by atoms with Crippen molar-refractivity contribution in [3.05, 3.63) is 0 Å². The van der Waals surface area contributed by atoms with E-state index in [1.54, 1.807) is 6.92 Å². The molecule has 0 fully saturated rings. The van der Waals surface area contributed by atoms with Crippen molar-refractivity contribution in [3.8, 4) is 0 Å². The van der Waals surface area contributed by atoms with Crippen LogP contribution in [0.4, 0.5) is 0 Å². The van der Waals surface area contributed by atoms with Crippen molar-refractivity contribution in [3.63, 3.8) is 0 Å².